The van der Waals surface area contributed by atoms with Gasteiger partial charge >= 0.3 is 0 Å². The number of sulfonamides is 1. The van der Waals surface area contributed by atoms with E-state index in [0.29, 0.717) is 32.5 Å². The molecule has 5 nitrogen and oxygen atoms in total. The quantitative estimate of drug-likeness (QED) is 0.241. The van der Waals surface area contributed by atoms with Crippen LogP contribution in [0.1, 0.15) is 5.56 Å². The molecule has 0 atom stereocenters. The van der Waals surface area contributed by atoms with E-state index in [0.717, 1.165) is 10.8 Å². The summed E-state index contributed by atoms with van der Waals surface area (Å²) in [7, 11) is -4.00. The highest BCUT2D eigenvalue weighted by molar-refractivity contribution is 7.92. The van der Waals surface area contributed by atoms with Crippen LogP contribution in [0.3, 0.4) is 0 Å². The van der Waals surface area contributed by atoms with E-state index in [9.17, 15) is 18.6 Å². The second-order valence-corrected chi connectivity index (χ2v) is 10.1. The first-order valence-corrected chi connectivity index (χ1v) is 12.4. The van der Waals surface area contributed by atoms with Gasteiger partial charge in [-0.25, -0.2) is 8.42 Å². The van der Waals surface area contributed by atoms with Crippen LogP contribution >= 0.6 is 11.6 Å². The van der Waals surface area contributed by atoms with Crippen LogP contribution in [0.2, 0.25) is 5.02 Å². The molecule has 0 aliphatic carbocycles. The summed E-state index contributed by atoms with van der Waals surface area (Å²) in [6, 6.07) is 24.0. The summed E-state index contributed by atoms with van der Waals surface area (Å²) in [6.07, 6.45) is 0. The third kappa shape index (κ3) is 3.61. The predicted molar refractivity (Wildman–Crippen MR) is 137 cm³/mol. The minimum atomic E-state index is -4.00. The van der Waals surface area contributed by atoms with E-state index in [1.54, 1.807) is 61.5 Å². The van der Waals surface area contributed by atoms with Gasteiger partial charge in [0.05, 0.1) is 10.6 Å². The fourth-order valence-corrected chi connectivity index (χ4v) is 5.83. The molecule has 0 saturated carbocycles. The van der Waals surface area contributed by atoms with Crippen LogP contribution in [0.5, 0.6) is 11.5 Å². The molecule has 170 valence electrons. The van der Waals surface area contributed by atoms with Crippen LogP contribution in [0, 0.1) is 6.92 Å². The molecule has 0 amide bonds. The molecule has 0 radical (unpaired) electrons. The molecule has 0 spiro atoms. The van der Waals surface area contributed by atoms with Crippen molar-refractivity contribution in [3.05, 3.63) is 95.5 Å². The first kappa shape index (κ1) is 22.1. The predicted octanol–water partition coefficient (Wildman–Crippen LogP) is 6.83. The molecule has 5 aromatic carbocycles. The van der Waals surface area contributed by atoms with Gasteiger partial charge in [0.25, 0.3) is 10.0 Å². The standard InChI is InChI=1S/C27H20ClNO4S/c1-16-22(28)11-6-12-25(16)34(32,33)29-23-15-21(27(31)20-10-5-4-9-19(20)23)26-18-8-3-2-7-17(18)13-14-24(26)30/h2-15,29-31H,1H3. The molecule has 34 heavy (non-hydrogen) atoms. The van der Waals surface area contributed by atoms with Crippen LogP contribution < -0.4 is 4.72 Å². The molecular formula is C27H20ClNO4S. The fraction of sp³-hybridized carbons (Fsp3) is 0.0370. The zero-order valence-corrected chi connectivity index (χ0v) is 19.7. The average molecular weight is 490 g/mol. The van der Waals surface area contributed by atoms with E-state index in [1.165, 1.54) is 6.07 Å². The van der Waals surface area contributed by atoms with Crippen molar-refractivity contribution in [1.82, 2.24) is 0 Å². The molecule has 0 aliphatic heterocycles. The van der Waals surface area contributed by atoms with Crippen LogP contribution in [0.25, 0.3) is 32.7 Å². The zero-order valence-electron chi connectivity index (χ0n) is 18.1. The van der Waals surface area contributed by atoms with Gasteiger partial charge in [0, 0.05) is 26.9 Å². The molecule has 7 heteroatoms. The van der Waals surface area contributed by atoms with Crippen LogP contribution in [0.15, 0.2) is 89.8 Å². The normalized spacial score (nSPS) is 11.7. The highest BCUT2D eigenvalue weighted by Gasteiger charge is 2.23. The minimum Gasteiger partial charge on any atom is -0.507 e. The molecule has 0 saturated heterocycles. The minimum absolute atomic E-state index is 0.0243. The van der Waals surface area contributed by atoms with Crippen molar-refractivity contribution in [2.45, 2.75) is 11.8 Å². The number of rotatable bonds is 4. The maximum atomic E-state index is 13.3. The average Bonchev–Trinajstić information content (AvgIpc) is 2.83. The molecule has 0 unspecified atom stereocenters. The van der Waals surface area contributed by atoms with E-state index in [1.807, 2.05) is 24.3 Å². The maximum Gasteiger partial charge on any atom is 0.262 e. The Hall–Kier alpha value is -3.74. The molecule has 5 rings (SSSR count). The lowest BCUT2D eigenvalue weighted by Crippen LogP contribution is -2.14. The lowest BCUT2D eigenvalue weighted by molar-refractivity contribution is 0.472. The van der Waals surface area contributed by atoms with Gasteiger partial charge in [0.2, 0.25) is 0 Å². The monoisotopic (exact) mass is 489 g/mol. The Labute approximate surface area is 201 Å². The largest absolute Gasteiger partial charge is 0.507 e. The fourth-order valence-electron chi connectivity index (χ4n) is 4.26. The van der Waals surface area contributed by atoms with Gasteiger partial charge in [-0.05, 0) is 47.5 Å². The molecule has 0 fully saturated rings. The SMILES string of the molecule is Cc1c(Cl)cccc1S(=O)(=O)Nc1cc(-c2c(O)ccc3ccccc23)c(O)c2ccccc12. The second kappa shape index (κ2) is 8.24. The van der Waals surface area contributed by atoms with E-state index < -0.39 is 10.0 Å². The Morgan fingerprint density at radius 3 is 2.24 bits per heavy atom. The summed E-state index contributed by atoms with van der Waals surface area (Å²) in [5.74, 6) is -0.0760. The number of aromatic hydroxyl groups is 2. The third-order valence-electron chi connectivity index (χ3n) is 5.94. The molecule has 0 heterocycles. The molecule has 0 aromatic heterocycles. The van der Waals surface area contributed by atoms with Crippen molar-refractivity contribution in [2.24, 2.45) is 0 Å². The highest BCUT2D eigenvalue weighted by Crippen LogP contribution is 2.46. The first-order chi connectivity index (χ1) is 16.3. The third-order valence-corrected chi connectivity index (χ3v) is 7.86. The number of phenolic OH excluding ortho intramolecular Hbond substituents is 2. The molecule has 0 aliphatic rings. The number of anilines is 1. The Kier molecular flexibility index (Phi) is 5.35. The summed E-state index contributed by atoms with van der Waals surface area (Å²) in [5.41, 5.74) is 1.44. The maximum absolute atomic E-state index is 13.3. The van der Waals surface area contributed by atoms with E-state index in [2.05, 4.69) is 4.72 Å². The number of halogens is 1. The number of fused-ring (bicyclic) bond motifs is 2. The summed E-state index contributed by atoms with van der Waals surface area (Å²) < 4.78 is 29.4. The smallest absolute Gasteiger partial charge is 0.262 e. The van der Waals surface area contributed by atoms with Crippen molar-refractivity contribution < 1.29 is 18.6 Å². The van der Waals surface area contributed by atoms with Crippen molar-refractivity contribution in [3.8, 4) is 22.6 Å². The van der Waals surface area contributed by atoms with Gasteiger partial charge in [-0.2, -0.15) is 0 Å². The van der Waals surface area contributed by atoms with Gasteiger partial charge in [-0.3, -0.25) is 4.72 Å². The molecular weight excluding hydrogens is 470 g/mol. The van der Waals surface area contributed by atoms with Gasteiger partial charge in [0.1, 0.15) is 11.5 Å². The highest BCUT2D eigenvalue weighted by atomic mass is 35.5. The van der Waals surface area contributed by atoms with Gasteiger partial charge < -0.3 is 10.2 Å². The summed E-state index contributed by atoms with van der Waals surface area (Å²) in [6.45, 7) is 1.64. The zero-order chi connectivity index (χ0) is 24.0. The number of benzene rings is 5. The first-order valence-electron chi connectivity index (χ1n) is 10.5. The number of hydrogen-bond donors (Lipinski definition) is 3. The second-order valence-electron chi connectivity index (χ2n) is 8.02. The van der Waals surface area contributed by atoms with Crippen molar-refractivity contribution in [1.29, 1.82) is 0 Å². The van der Waals surface area contributed by atoms with Crippen LogP contribution in [0.4, 0.5) is 5.69 Å². The topological polar surface area (TPSA) is 86.6 Å². The lowest BCUT2D eigenvalue weighted by Gasteiger charge is -2.18. The van der Waals surface area contributed by atoms with E-state index in [4.69, 9.17) is 11.6 Å². The van der Waals surface area contributed by atoms with Gasteiger partial charge in [0.15, 0.2) is 0 Å². The van der Waals surface area contributed by atoms with Crippen molar-refractivity contribution in [3.63, 3.8) is 0 Å². The Morgan fingerprint density at radius 2 is 1.47 bits per heavy atom. The van der Waals surface area contributed by atoms with Crippen LogP contribution in [-0.2, 0) is 10.0 Å². The molecule has 5 aromatic rings. The number of phenols is 2. The summed E-state index contributed by atoms with van der Waals surface area (Å²) in [5, 5.41) is 24.9. The Morgan fingerprint density at radius 1 is 0.794 bits per heavy atom. The Bertz CT molecular complexity index is 1700. The molecule has 3 N–H and O–H groups in total. The van der Waals surface area contributed by atoms with Crippen LogP contribution in [-0.4, -0.2) is 18.6 Å². The summed E-state index contributed by atoms with van der Waals surface area (Å²) >= 11 is 6.16. The molecule has 0 bridgehead atoms. The van der Waals surface area contributed by atoms with E-state index >= 15 is 0 Å². The lowest BCUT2D eigenvalue weighted by atomic mass is 9.93. The van der Waals surface area contributed by atoms with Crippen molar-refractivity contribution >= 4 is 48.9 Å². The summed E-state index contributed by atoms with van der Waals surface area (Å²) in [4.78, 5) is 0.0618. The number of hydrogen-bond acceptors (Lipinski definition) is 4. The van der Waals surface area contributed by atoms with E-state index in [-0.39, 0.29) is 22.1 Å². The van der Waals surface area contributed by atoms with Crippen molar-refractivity contribution in [2.75, 3.05) is 4.72 Å². The van der Waals surface area contributed by atoms with Gasteiger partial charge in [-0.15, -0.1) is 0 Å². The Balaban J connectivity index is 1.78. The van der Waals surface area contributed by atoms with Gasteiger partial charge in [-0.1, -0.05) is 72.3 Å². The number of nitrogens with one attached hydrogen (secondary N) is 1.